The van der Waals surface area contributed by atoms with Crippen LogP contribution in [0.3, 0.4) is 0 Å². The van der Waals surface area contributed by atoms with Crippen molar-refractivity contribution in [2.24, 2.45) is 0 Å². The zero-order valence-electron chi connectivity index (χ0n) is 21.6. The van der Waals surface area contributed by atoms with E-state index in [1.165, 1.54) is 12.1 Å². The molecule has 4 heterocycles. The van der Waals surface area contributed by atoms with E-state index in [9.17, 15) is 17.6 Å². The smallest absolute Gasteiger partial charge is 0.251 e. The second kappa shape index (κ2) is 11.0. The first kappa shape index (κ1) is 26.6. The van der Waals surface area contributed by atoms with Crippen molar-refractivity contribution in [2.45, 2.75) is 25.3 Å². The number of amides is 1. The van der Waals surface area contributed by atoms with Gasteiger partial charge in [0.1, 0.15) is 11.6 Å². The maximum Gasteiger partial charge on any atom is 0.251 e. The average Bonchev–Trinajstić information content (AvgIpc) is 2.90. The summed E-state index contributed by atoms with van der Waals surface area (Å²) in [5.41, 5.74) is 3.07. The third-order valence-electron chi connectivity index (χ3n) is 6.28. The molecule has 0 radical (unpaired) electrons. The van der Waals surface area contributed by atoms with Crippen LogP contribution in [0.4, 0.5) is 10.2 Å². The van der Waals surface area contributed by atoms with Crippen LogP contribution in [0.5, 0.6) is 0 Å². The van der Waals surface area contributed by atoms with Gasteiger partial charge in [-0.25, -0.2) is 22.8 Å². The van der Waals surface area contributed by atoms with Crippen molar-refractivity contribution in [3.05, 3.63) is 83.4 Å². The highest BCUT2D eigenvalue weighted by atomic mass is 32.2. The second-order valence-corrected chi connectivity index (χ2v) is 11.8. The maximum absolute atomic E-state index is 14.6. The Morgan fingerprint density at radius 3 is 2.79 bits per heavy atom. The number of anilines is 1. The van der Waals surface area contributed by atoms with Crippen LogP contribution in [0.15, 0.2) is 60.8 Å². The van der Waals surface area contributed by atoms with Crippen LogP contribution in [0.1, 0.15) is 30.0 Å². The van der Waals surface area contributed by atoms with E-state index in [1.807, 2.05) is 17.9 Å². The van der Waals surface area contributed by atoms with Gasteiger partial charge in [-0.1, -0.05) is 12.1 Å². The van der Waals surface area contributed by atoms with E-state index in [4.69, 9.17) is 9.72 Å². The van der Waals surface area contributed by atoms with Crippen molar-refractivity contribution < 1.29 is 23.8 Å². The third-order valence-corrected chi connectivity index (χ3v) is 7.14. The lowest BCUT2D eigenvalue weighted by Gasteiger charge is -2.32. The van der Waals surface area contributed by atoms with Crippen LogP contribution in [-0.2, 0) is 26.9 Å². The predicted octanol–water partition coefficient (Wildman–Crippen LogP) is 3.78. The Morgan fingerprint density at radius 1 is 1.15 bits per heavy atom. The Hall–Kier alpha value is -3.96. The number of morpholine rings is 1. The third kappa shape index (κ3) is 6.73. The van der Waals surface area contributed by atoms with Crippen LogP contribution in [-0.4, -0.2) is 61.3 Å². The number of nitrogens with one attached hydrogen (secondary N) is 1. The van der Waals surface area contributed by atoms with Crippen molar-refractivity contribution in [3.63, 3.8) is 0 Å². The van der Waals surface area contributed by atoms with Crippen molar-refractivity contribution in [2.75, 3.05) is 30.9 Å². The molecule has 1 amide bonds. The van der Waals surface area contributed by atoms with Crippen LogP contribution in [0.2, 0.25) is 0 Å². The molecule has 0 saturated carbocycles. The van der Waals surface area contributed by atoms with Crippen LogP contribution >= 0.6 is 0 Å². The molecule has 1 aliphatic rings. The summed E-state index contributed by atoms with van der Waals surface area (Å²) >= 11 is 0. The summed E-state index contributed by atoms with van der Waals surface area (Å²) in [5, 5.41) is 3.61. The van der Waals surface area contributed by atoms with Gasteiger partial charge in [0.2, 0.25) is 0 Å². The Balaban J connectivity index is 0.00000370. The summed E-state index contributed by atoms with van der Waals surface area (Å²) in [7, 11) is -3.21. The summed E-state index contributed by atoms with van der Waals surface area (Å²) in [6, 6.07) is 14.7. The topological polar surface area (TPSA) is 114 Å². The molecule has 39 heavy (non-hydrogen) atoms. The molecule has 1 saturated heterocycles. The molecule has 1 fully saturated rings. The number of benzene rings is 1. The normalized spacial score (nSPS) is 15.9. The van der Waals surface area contributed by atoms with E-state index in [0.717, 1.165) is 11.6 Å². The Morgan fingerprint density at radius 2 is 2.00 bits per heavy atom. The molecule has 1 aromatic carbocycles. The highest BCUT2D eigenvalue weighted by Gasteiger charge is 2.20. The molecule has 1 N–H and O–H groups in total. The van der Waals surface area contributed by atoms with Crippen LogP contribution < -0.4 is 10.2 Å². The molecule has 9 nitrogen and oxygen atoms in total. The molecule has 11 heteroatoms. The zero-order chi connectivity index (χ0) is 27.6. The number of fused-ring (bicyclic) bond motifs is 1. The molecule has 5 rings (SSSR count). The Kier molecular flexibility index (Phi) is 7.53. The fourth-order valence-corrected chi connectivity index (χ4v) is 5.26. The minimum absolute atomic E-state index is 0. The minimum Gasteiger partial charge on any atom is -0.375 e. The number of carbonyl (C=O) groups excluding carboxylic acids is 1. The molecule has 1 aliphatic heterocycles. The fraction of sp³-hybridized carbons (Fsp3) is 0.286. The quantitative estimate of drug-likeness (QED) is 0.369. The van der Waals surface area contributed by atoms with E-state index in [2.05, 4.69) is 15.3 Å². The molecule has 3 aromatic heterocycles. The van der Waals surface area contributed by atoms with Gasteiger partial charge in [-0.2, -0.15) is 0 Å². The van der Waals surface area contributed by atoms with Gasteiger partial charge in [0.15, 0.2) is 9.84 Å². The number of aromatic nitrogens is 3. The first-order valence-electron chi connectivity index (χ1n) is 12.5. The lowest BCUT2D eigenvalue weighted by atomic mass is 10.1. The Bertz CT molecular complexity index is 1650. The summed E-state index contributed by atoms with van der Waals surface area (Å²) in [6.45, 7) is 3.94. The number of hydrogen-bond acceptors (Lipinski definition) is 8. The van der Waals surface area contributed by atoms with Gasteiger partial charge in [-0.15, -0.1) is 0 Å². The largest absolute Gasteiger partial charge is 0.375 e. The van der Waals surface area contributed by atoms with E-state index in [0.29, 0.717) is 59.2 Å². The molecule has 0 spiro atoms. The molecule has 204 valence electrons. The Labute approximate surface area is 227 Å². The van der Waals surface area contributed by atoms with Crippen LogP contribution in [0.25, 0.3) is 22.3 Å². The van der Waals surface area contributed by atoms with Gasteiger partial charge >= 0.3 is 0 Å². The summed E-state index contributed by atoms with van der Waals surface area (Å²) in [6.07, 6.45) is 2.85. The standard InChI is InChI=1S/C28H28FN5O4S.H2/c1-18-16-34(8-9-38-18)27-12-22(29)11-26(33-27)24-7-6-21-14-30-23(13-25(21)32-24)15-31-28(35)20-5-3-4-19(10-20)17-39(2,36)37;/h3-7,10-14,18H,8-9,15-17H2,1-2H3,(H,31,35);1H/t18-;/m0./s1. The lowest BCUT2D eigenvalue weighted by Crippen LogP contribution is -2.41. The minimum atomic E-state index is -3.21. The van der Waals surface area contributed by atoms with E-state index < -0.39 is 15.7 Å². The van der Waals surface area contributed by atoms with Gasteiger partial charge in [-0.3, -0.25) is 9.78 Å². The summed E-state index contributed by atoms with van der Waals surface area (Å²) in [5.74, 6) is -0.333. The van der Waals surface area contributed by atoms with Crippen molar-refractivity contribution in [3.8, 4) is 11.4 Å². The van der Waals surface area contributed by atoms with Gasteiger partial charge in [0.05, 0.1) is 47.6 Å². The number of ether oxygens (including phenoxy) is 1. The number of carbonyl (C=O) groups is 1. The monoisotopic (exact) mass is 551 g/mol. The number of pyridine rings is 3. The van der Waals surface area contributed by atoms with Crippen molar-refractivity contribution >= 4 is 32.5 Å². The van der Waals surface area contributed by atoms with Crippen LogP contribution in [0, 0.1) is 5.82 Å². The number of nitrogens with zero attached hydrogens (tertiary/aromatic N) is 4. The van der Waals surface area contributed by atoms with E-state index in [-0.39, 0.29) is 25.7 Å². The van der Waals surface area contributed by atoms with Gasteiger partial charge in [0.25, 0.3) is 5.91 Å². The van der Waals surface area contributed by atoms with Crippen molar-refractivity contribution in [1.29, 1.82) is 0 Å². The molecule has 0 aliphatic carbocycles. The summed E-state index contributed by atoms with van der Waals surface area (Å²) < 4.78 is 43.3. The predicted molar refractivity (Wildman–Crippen MR) is 149 cm³/mol. The molecule has 0 bridgehead atoms. The number of hydrogen-bond donors (Lipinski definition) is 1. The highest BCUT2D eigenvalue weighted by Crippen LogP contribution is 2.25. The van der Waals surface area contributed by atoms with Gasteiger partial charge < -0.3 is 15.0 Å². The SMILES string of the molecule is C[C@H]1CN(c2cc(F)cc(-c3ccc4cnc(CNC(=O)c5cccc(CS(C)(=O)=O)c5)cc4n3)n2)CCO1.[HH]. The number of rotatable bonds is 7. The average molecular weight is 552 g/mol. The van der Waals surface area contributed by atoms with Gasteiger partial charge in [-0.05, 0) is 42.8 Å². The maximum atomic E-state index is 14.6. The number of halogens is 1. The van der Waals surface area contributed by atoms with Crippen molar-refractivity contribution in [1.82, 2.24) is 20.3 Å². The molecule has 0 unspecified atom stereocenters. The first-order chi connectivity index (χ1) is 18.6. The molecular weight excluding hydrogens is 521 g/mol. The second-order valence-electron chi connectivity index (χ2n) is 9.67. The lowest BCUT2D eigenvalue weighted by molar-refractivity contribution is 0.0529. The highest BCUT2D eigenvalue weighted by molar-refractivity contribution is 7.89. The number of sulfone groups is 1. The molecular formula is C28H30FN5O4S. The zero-order valence-corrected chi connectivity index (χ0v) is 22.4. The van der Waals surface area contributed by atoms with E-state index in [1.54, 1.807) is 42.6 Å². The molecule has 1 atom stereocenters. The fourth-order valence-electron chi connectivity index (χ4n) is 4.48. The summed E-state index contributed by atoms with van der Waals surface area (Å²) in [4.78, 5) is 28.5. The first-order valence-corrected chi connectivity index (χ1v) is 14.5. The van der Waals surface area contributed by atoms with Gasteiger partial charge in [0, 0.05) is 50.1 Å². The van der Waals surface area contributed by atoms with E-state index >= 15 is 0 Å². The molecule has 4 aromatic rings.